The Balaban J connectivity index is 2.10. The molecule has 0 radical (unpaired) electrons. The van der Waals surface area contributed by atoms with Crippen molar-refractivity contribution in [2.24, 2.45) is 0 Å². The van der Waals surface area contributed by atoms with E-state index in [9.17, 15) is 9.90 Å². The van der Waals surface area contributed by atoms with E-state index in [1.807, 2.05) is 43.3 Å². The minimum Gasteiger partial charge on any atom is -0.493 e. The highest BCUT2D eigenvalue weighted by Gasteiger charge is 2.18. The molecule has 3 aromatic rings. The van der Waals surface area contributed by atoms with Crippen LogP contribution < -0.4 is 4.74 Å². The van der Waals surface area contributed by atoms with Gasteiger partial charge in [0.1, 0.15) is 10.8 Å². The van der Waals surface area contributed by atoms with E-state index in [4.69, 9.17) is 21.3 Å². The van der Waals surface area contributed by atoms with E-state index in [1.165, 1.54) is 11.3 Å². The number of thiazole rings is 1. The first kappa shape index (κ1) is 17.5. The number of aliphatic carboxylic acids is 1. The summed E-state index contributed by atoms with van der Waals surface area (Å²) in [6, 6.07) is 14.9. The number of nitrogens with zero attached hydrogens (tertiary/aromatic N) is 1. The van der Waals surface area contributed by atoms with Gasteiger partial charge in [-0.2, -0.15) is 0 Å². The second-order valence-electron chi connectivity index (χ2n) is 5.30. The SMILES string of the molecule is CCOc1ccccc1-c1nc(-c2ccc(Cl)cc2)c(CC(=O)O)s1. The van der Waals surface area contributed by atoms with Gasteiger partial charge in [0, 0.05) is 15.5 Å². The molecule has 0 fully saturated rings. The molecule has 0 aliphatic rings. The molecule has 0 saturated heterocycles. The molecule has 0 saturated carbocycles. The van der Waals surface area contributed by atoms with E-state index in [0.717, 1.165) is 21.9 Å². The largest absolute Gasteiger partial charge is 0.493 e. The maximum absolute atomic E-state index is 11.3. The third kappa shape index (κ3) is 4.00. The molecule has 0 unspecified atom stereocenters. The number of carbonyl (C=O) groups is 1. The lowest BCUT2D eigenvalue weighted by Gasteiger charge is -2.07. The number of carboxylic acid groups (broad SMARTS) is 1. The first-order valence-electron chi connectivity index (χ1n) is 7.78. The summed E-state index contributed by atoms with van der Waals surface area (Å²) in [4.78, 5) is 16.7. The highest BCUT2D eigenvalue weighted by atomic mass is 35.5. The van der Waals surface area contributed by atoms with Crippen LogP contribution in [0.1, 0.15) is 11.8 Å². The smallest absolute Gasteiger partial charge is 0.308 e. The van der Waals surface area contributed by atoms with Crippen molar-refractivity contribution >= 4 is 28.9 Å². The van der Waals surface area contributed by atoms with Crippen molar-refractivity contribution in [3.63, 3.8) is 0 Å². The Morgan fingerprint density at radius 3 is 2.60 bits per heavy atom. The standard InChI is InChI=1S/C19H16ClNO3S/c1-2-24-15-6-4-3-5-14(15)19-21-18(16(25-19)11-17(22)23)12-7-9-13(20)10-8-12/h3-10H,2,11H2,1H3,(H,22,23). The fourth-order valence-electron chi connectivity index (χ4n) is 2.48. The molecule has 0 spiro atoms. The van der Waals surface area contributed by atoms with E-state index in [0.29, 0.717) is 22.2 Å². The zero-order chi connectivity index (χ0) is 17.8. The molecular weight excluding hydrogens is 358 g/mol. The maximum atomic E-state index is 11.3. The minimum atomic E-state index is -0.886. The average molecular weight is 374 g/mol. The lowest BCUT2D eigenvalue weighted by atomic mass is 10.1. The summed E-state index contributed by atoms with van der Waals surface area (Å²) < 4.78 is 5.68. The number of para-hydroxylation sites is 1. The summed E-state index contributed by atoms with van der Waals surface area (Å²) in [5.74, 6) is -0.146. The van der Waals surface area contributed by atoms with Crippen LogP contribution in [0.3, 0.4) is 0 Å². The summed E-state index contributed by atoms with van der Waals surface area (Å²) in [7, 11) is 0. The van der Waals surface area contributed by atoms with Crippen molar-refractivity contribution in [2.45, 2.75) is 13.3 Å². The molecule has 2 aromatic carbocycles. The summed E-state index contributed by atoms with van der Waals surface area (Å²) in [5, 5.41) is 10.6. The van der Waals surface area contributed by atoms with Crippen LogP contribution in [0.25, 0.3) is 21.8 Å². The van der Waals surface area contributed by atoms with Crippen molar-refractivity contribution in [3.05, 3.63) is 58.4 Å². The Kier molecular flexibility index (Phi) is 5.36. The van der Waals surface area contributed by atoms with Crippen molar-refractivity contribution in [2.75, 3.05) is 6.61 Å². The predicted molar refractivity (Wildman–Crippen MR) is 101 cm³/mol. The summed E-state index contributed by atoms with van der Waals surface area (Å²) in [6.45, 7) is 2.47. The summed E-state index contributed by atoms with van der Waals surface area (Å²) in [6.07, 6.45) is -0.0770. The number of ether oxygens (including phenoxy) is 1. The maximum Gasteiger partial charge on any atom is 0.308 e. The molecule has 128 valence electrons. The normalized spacial score (nSPS) is 10.6. The first-order valence-corrected chi connectivity index (χ1v) is 8.97. The lowest BCUT2D eigenvalue weighted by molar-refractivity contribution is -0.136. The fourth-order valence-corrected chi connectivity index (χ4v) is 3.71. The Morgan fingerprint density at radius 2 is 1.92 bits per heavy atom. The van der Waals surface area contributed by atoms with Gasteiger partial charge in [-0.1, -0.05) is 35.9 Å². The van der Waals surface area contributed by atoms with E-state index >= 15 is 0 Å². The molecule has 1 N–H and O–H groups in total. The highest BCUT2D eigenvalue weighted by Crippen LogP contribution is 2.38. The Bertz CT molecular complexity index is 890. The number of benzene rings is 2. The van der Waals surface area contributed by atoms with Crippen molar-refractivity contribution < 1.29 is 14.6 Å². The molecule has 0 aliphatic heterocycles. The highest BCUT2D eigenvalue weighted by molar-refractivity contribution is 7.15. The van der Waals surface area contributed by atoms with Crippen LogP contribution in [-0.2, 0) is 11.2 Å². The molecule has 0 bridgehead atoms. The monoisotopic (exact) mass is 373 g/mol. The zero-order valence-electron chi connectivity index (χ0n) is 13.5. The van der Waals surface area contributed by atoms with E-state index in [1.54, 1.807) is 12.1 Å². The van der Waals surface area contributed by atoms with Gasteiger partial charge in [0.05, 0.1) is 24.3 Å². The van der Waals surface area contributed by atoms with Gasteiger partial charge in [0.25, 0.3) is 0 Å². The quantitative estimate of drug-likeness (QED) is 0.648. The Hall–Kier alpha value is -2.37. The van der Waals surface area contributed by atoms with Crippen LogP contribution in [0.2, 0.25) is 5.02 Å². The number of rotatable bonds is 6. The van der Waals surface area contributed by atoms with Gasteiger partial charge in [0.2, 0.25) is 0 Å². The van der Waals surface area contributed by atoms with Crippen molar-refractivity contribution in [1.82, 2.24) is 4.98 Å². The molecule has 0 amide bonds. The third-order valence-corrected chi connectivity index (χ3v) is 4.88. The number of hydrogen-bond donors (Lipinski definition) is 1. The third-order valence-electron chi connectivity index (χ3n) is 3.54. The number of hydrogen-bond acceptors (Lipinski definition) is 4. The molecule has 6 heteroatoms. The molecule has 0 atom stereocenters. The molecule has 3 rings (SSSR count). The van der Waals surface area contributed by atoms with Crippen LogP contribution in [0.4, 0.5) is 0 Å². The number of carboxylic acids is 1. The van der Waals surface area contributed by atoms with Crippen LogP contribution in [0, 0.1) is 0 Å². The van der Waals surface area contributed by atoms with Gasteiger partial charge in [-0.15, -0.1) is 11.3 Å². The van der Waals surface area contributed by atoms with Gasteiger partial charge in [-0.25, -0.2) is 4.98 Å². The number of halogens is 1. The molecule has 0 aliphatic carbocycles. The van der Waals surface area contributed by atoms with Gasteiger partial charge in [-0.05, 0) is 31.2 Å². The van der Waals surface area contributed by atoms with Crippen LogP contribution >= 0.6 is 22.9 Å². The lowest BCUT2D eigenvalue weighted by Crippen LogP contribution is -1.99. The number of aromatic nitrogens is 1. The van der Waals surface area contributed by atoms with Crippen LogP contribution in [0.15, 0.2) is 48.5 Å². The zero-order valence-corrected chi connectivity index (χ0v) is 15.1. The average Bonchev–Trinajstić information content (AvgIpc) is 2.99. The molecule has 25 heavy (non-hydrogen) atoms. The van der Waals surface area contributed by atoms with Crippen molar-refractivity contribution in [1.29, 1.82) is 0 Å². The van der Waals surface area contributed by atoms with Gasteiger partial charge in [0.15, 0.2) is 0 Å². The fraction of sp³-hybridized carbons (Fsp3) is 0.158. The van der Waals surface area contributed by atoms with Gasteiger partial charge >= 0.3 is 5.97 Å². The molecular formula is C19H16ClNO3S. The second kappa shape index (κ2) is 7.68. The predicted octanol–water partition coefficient (Wildman–Crippen LogP) is 5.16. The Labute approximate surface area is 154 Å². The summed E-state index contributed by atoms with van der Waals surface area (Å²) >= 11 is 7.33. The van der Waals surface area contributed by atoms with E-state index < -0.39 is 5.97 Å². The molecule has 1 aromatic heterocycles. The Morgan fingerprint density at radius 1 is 1.20 bits per heavy atom. The second-order valence-corrected chi connectivity index (χ2v) is 6.82. The summed E-state index contributed by atoms with van der Waals surface area (Å²) in [5.41, 5.74) is 2.38. The van der Waals surface area contributed by atoms with E-state index in [2.05, 4.69) is 0 Å². The van der Waals surface area contributed by atoms with Crippen LogP contribution in [0.5, 0.6) is 5.75 Å². The van der Waals surface area contributed by atoms with Gasteiger partial charge in [-0.3, -0.25) is 4.79 Å². The minimum absolute atomic E-state index is 0.0770. The molecule has 1 heterocycles. The van der Waals surface area contributed by atoms with Gasteiger partial charge < -0.3 is 9.84 Å². The topological polar surface area (TPSA) is 59.4 Å². The first-order chi connectivity index (χ1) is 12.1. The van der Waals surface area contributed by atoms with Crippen molar-refractivity contribution in [3.8, 4) is 27.6 Å². The van der Waals surface area contributed by atoms with E-state index in [-0.39, 0.29) is 6.42 Å². The molecule has 4 nitrogen and oxygen atoms in total. The van der Waals surface area contributed by atoms with Crippen LogP contribution in [-0.4, -0.2) is 22.7 Å².